The SMILES string of the molecule is COC(=O)c1cc(CSc2nnc(-c3ccco3)o2)oc1C. The molecule has 3 aromatic heterocycles. The number of thioether (sulfide) groups is 1. The van der Waals surface area contributed by atoms with Crippen LogP contribution >= 0.6 is 11.8 Å². The van der Waals surface area contributed by atoms with Crippen molar-refractivity contribution < 1.29 is 22.8 Å². The summed E-state index contributed by atoms with van der Waals surface area (Å²) in [6.07, 6.45) is 1.53. The summed E-state index contributed by atoms with van der Waals surface area (Å²) in [4.78, 5) is 11.5. The molecule has 0 aliphatic heterocycles. The number of furan rings is 2. The molecule has 3 rings (SSSR count). The standard InChI is InChI=1S/C14H12N2O5S/c1-8-10(13(17)18-2)6-9(20-8)7-22-14-16-15-12(21-14)11-4-3-5-19-11/h3-6H,7H2,1-2H3. The summed E-state index contributed by atoms with van der Waals surface area (Å²) in [5.74, 6) is 2.01. The maximum absolute atomic E-state index is 11.5. The maximum Gasteiger partial charge on any atom is 0.341 e. The molecule has 0 saturated carbocycles. The molecule has 0 unspecified atom stereocenters. The van der Waals surface area contributed by atoms with Gasteiger partial charge in [-0.2, -0.15) is 0 Å². The smallest absolute Gasteiger partial charge is 0.341 e. The number of hydrogen-bond donors (Lipinski definition) is 0. The normalized spacial score (nSPS) is 10.8. The van der Waals surface area contributed by atoms with Gasteiger partial charge in [-0.15, -0.1) is 10.2 Å². The second-order valence-corrected chi connectivity index (χ2v) is 5.24. The fourth-order valence-corrected chi connectivity index (χ4v) is 2.47. The average Bonchev–Trinajstić information content (AvgIpc) is 3.24. The number of rotatable bonds is 5. The van der Waals surface area contributed by atoms with Crippen LogP contribution in [0.1, 0.15) is 21.9 Å². The van der Waals surface area contributed by atoms with Gasteiger partial charge < -0.3 is 18.0 Å². The van der Waals surface area contributed by atoms with Crippen LogP contribution in [0.15, 0.2) is 42.9 Å². The molecule has 0 spiro atoms. The monoisotopic (exact) mass is 320 g/mol. The Morgan fingerprint density at radius 1 is 1.36 bits per heavy atom. The van der Waals surface area contributed by atoms with E-state index < -0.39 is 5.97 Å². The van der Waals surface area contributed by atoms with E-state index in [1.54, 1.807) is 25.1 Å². The van der Waals surface area contributed by atoms with E-state index in [2.05, 4.69) is 14.9 Å². The molecule has 0 bridgehead atoms. The van der Waals surface area contributed by atoms with Gasteiger partial charge in [0.05, 0.1) is 19.1 Å². The molecule has 0 aliphatic carbocycles. The lowest BCUT2D eigenvalue weighted by atomic mass is 10.2. The molecule has 3 heterocycles. The van der Waals surface area contributed by atoms with Crippen molar-refractivity contribution in [3.05, 3.63) is 41.5 Å². The second-order valence-electron chi connectivity index (χ2n) is 4.31. The quantitative estimate of drug-likeness (QED) is 0.522. The first-order chi connectivity index (χ1) is 10.7. The van der Waals surface area contributed by atoms with E-state index in [9.17, 15) is 4.79 Å². The van der Waals surface area contributed by atoms with E-state index in [1.165, 1.54) is 25.1 Å². The number of aryl methyl sites for hydroxylation is 1. The van der Waals surface area contributed by atoms with E-state index in [0.29, 0.717) is 39.7 Å². The van der Waals surface area contributed by atoms with Crippen molar-refractivity contribution in [3.63, 3.8) is 0 Å². The topological polar surface area (TPSA) is 91.5 Å². The van der Waals surface area contributed by atoms with E-state index in [4.69, 9.17) is 13.3 Å². The third kappa shape index (κ3) is 2.91. The minimum absolute atomic E-state index is 0.318. The number of nitrogens with zero attached hydrogens (tertiary/aromatic N) is 2. The molecule has 0 aromatic carbocycles. The average molecular weight is 320 g/mol. The number of carbonyl (C=O) groups is 1. The Morgan fingerprint density at radius 2 is 2.23 bits per heavy atom. The van der Waals surface area contributed by atoms with Crippen LogP contribution in [0.3, 0.4) is 0 Å². The zero-order valence-corrected chi connectivity index (χ0v) is 12.7. The largest absolute Gasteiger partial charge is 0.465 e. The summed E-state index contributed by atoms with van der Waals surface area (Å²) < 4.78 is 20.8. The molecule has 3 aromatic rings. The van der Waals surface area contributed by atoms with Crippen LogP contribution in [0.4, 0.5) is 0 Å². The van der Waals surface area contributed by atoms with Crippen LogP contribution < -0.4 is 0 Å². The van der Waals surface area contributed by atoms with Gasteiger partial charge in [0.2, 0.25) is 0 Å². The van der Waals surface area contributed by atoms with Crippen LogP contribution in [0.2, 0.25) is 0 Å². The van der Waals surface area contributed by atoms with E-state index in [1.807, 2.05) is 0 Å². The lowest BCUT2D eigenvalue weighted by Gasteiger charge is -1.93. The number of aromatic nitrogens is 2. The molecule has 0 N–H and O–H groups in total. The Kier molecular flexibility index (Phi) is 4.01. The Morgan fingerprint density at radius 3 is 2.95 bits per heavy atom. The highest BCUT2D eigenvalue weighted by Gasteiger charge is 2.17. The number of ether oxygens (including phenoxy) is 1. The Bertz CT molecular complexity index is 775. The zero-order chi connectivity index (χ0) is 15.5. The molecule has 0 fully saturated rings. The first-order valence-corrected chi connectivity index (χ1v) is 7.33. The van der Waals surface area contributed by atoms with Gasteiger partial charge in [-0.3, -0.25) is 0 Å². The minimum atomic E-state index is -0.421. The van der Waals surface area contributed by atoms with Crippen LogP contribution in [0.25, 0.3) is 11.7 Å². The molecule has 0 atom stereocenters. The molecule has 0 saturated heterocycles. The van der Waals surface area contributed by atoms with Gasteiger partial charge in [-0.1, -0.05) is 11.8 Å². The third-order valence-corrected chi connectivity index (χ3v) is 3.69. The van der Waals surface area contributed by atoms with Crippen molar-refractivity contribution in [3.8, 4) is 11.7 Å². The Labute approximate surface area is 129 Å². The van der Waals surface area contributed by atoms with Gasteiger partial charge in [0.25, 0.3) is 11.1 Å². The number of methoxy groups -OCH3 is 1. The van der Waals surface area contributed by atoms with Crippen molar-refractivity contribution in [2.24, 2.45) is 0 Å². The fraction of sp³-hybridized carbons (Fsp3) is 0.214. The van der Waals surface area contributed by atoms with Crippen molar-refractivity contribution in [2.75, 3.05) is 7.11 Å². The van der Waals surface area contributed by atoms with Crippen LogP contribution in [0, 0.1) is 6.92 Å². The lowest BCUT2D eigenvalue weighted by Crippen LogP contribution is -2.00. The van der Waals surface area contributed by atoms with Gasteiger partial charge in [0.15, 0.2) is 5.76 Å². The Hall–Kier alpha value is -2.48. The number of esters is 1. The predicted molar refractivity (Wildman–Crippen MR) is 76.3 cm³/mol. The van der Waals surface area contributed by atoms with Crippen LogP contribution in [-0.2, 0) is 10.5 Å². The first kappa shape index (κ1) is 14.5. The first-order valence-electron chi connectivity index (χ1n) is 6.35. The lowest BCUT2D eigenvalue weighted by molar-refractivity contribution is 0.0599. The summed E-state index contributed by atoms with van der Waals surface area (Å²) in [6, 6.07) is 5.13. The molecule has 22 heavy (non-hydrogen) atoms. The van der Waals surface area contributed by atoms with Gasteiger partial charge in [-0.05, 0) is 25.1 Å². The van der Waals surface area contributed by atoms with Gasteiger partial charge in [0.1, 0.15) is 17.1 Å². The van der Waals surface area contributed by atoms with Crippen molar-refractivity contribution >= 4 is 17.7 Å². The molecule has 114 valence electrons. The highest BCUT2D eigenvalue weighted by Crippen LogP contribution is 2.27. The van der Waals surface area contributed by atoms with Gasteiger partial charge in [-0.25, -0.2) is 4.79 Å². The predicted octanol–water partition coefficient (Wildman–Crippen LogP) is 3.31. The number of hydrogen-bond acceptors (Lipinski definition) is 8. The van der Waals surface area contributed by atoms with E-state index >= 15 is 0 Å². The zero-order valence-electron chi connectivity index (χ0n) is 11.9. The Balaban J connectivity index is 1.67. The summed E-state index contributed by atoms with van der Waals surface area (Å²) in [5.41, 5.74) is 0.417. The van der Waals surface area contributed by atoms with Crippen LogP contribution in [-0.4, -0.2) is 23.3 Å². The fourth-order valence-electron chi connectivity index (χ4n) is 1.83. The highest BCUT2D eigenvalue weighted by atomic mass is 32.2. The molecule has 0 amide bonds. The third-order valence-electron chi connectivity index (χ3n) is 2.85. The summed E-state index contributed by atoms with van der Waals surface area (Å²) in [5, 5.41) is 8.21. The molecule has 0 aliphatic rings. The van der Waals surface area contributed by atoms with Crippen molar-refractivity contribution in [1.82, 2.24) is 10.2 Å². The number of carbonyl (C=O) groups excluding carboxylic acids is 1. The summed E-state index contributed by atoms with van der Waals surface area (Å²) in [7, 11) is 1.33. The summed E-state index contributed by atoms with van der Waals surface area (Å²) in [6.45, 7) is 1.71. The van der Waals surface area contributed by atoms with Gasteiger partial charge in [0, 0.05) is 0 Å². The van der Waals surface area contributed by atoms with E-state index in [-0.39, 0.29) is 0 Å². The van der Waals surface area contributed by atoms with Crippen LogP contribution in [0.5, 0.6) is 0 Å². The second kappa shape index (κ2) is 6.10. The van der Waals surface area contributed by atoms with E-state index in [0.717, 1.165) is 0 Å². The highest BCUT2D eigenvalue weighted by molar-refractivity contribution is 7.98. The molecule has 0 radical (unpaired) electrons. The molecular formula is C14H12N2O5S. The van der Waals surface area contributed by atoms with Gasteiger partial charge >= 0.3 is 5.97 Å². The molecule has 8 heteroatoms. The maximum atomic E-state index is 11.5. The van der Waals surface area contributed by atoms with Crippen molar-refractivity contribution in [2.45, 2.75) is 17.9 Å². The molecular weight excluding hydrogens is 308 g/mol. The minimum Gasteiger partial charge on any atom is -0.465 e. The molecule has 7 nitrogen and oxygen atoms in total. The summed E-state index contributed by atoms with van der Waals surface area (Å²) >= 11 is 1.31. The van der Waals surface area contributed by atoms with Crippen molar-refractivity contribution in [1.29, 1.82) is 0 Å².